The Morgan fingerprint density at radius 1 is 0.316 bits per heavy atom. The average Bonchev–Trinajstić information content (AvgIpc) is 2.85. The highest BCUT2D eigenvalue weighted by Gasteiger charge is 2.26. The van der Waals surface area contributed by atoms with E-state index in [1.54, 1.807) is 0 Å². The predicted octanol–water partition coefficient (Wildman–Crippen LogP) is 8.83. The highest BCUT2D eigenvalue weighted by atomic mass is 14.8. The van der Waals surface area contributed by atoms with E-state index >= 15 is 0 Å². The summed E-state index contributed by atoms with van der Waals surface area (Å²) < 4.78 is 0. The second-order valence-corrected chi connectivity index (χ2v) is 10.7. The molecule has 2 nitrogen and oxygen atoms in total. The Labute approximate surface area is 226 Å². The van der Waals surface area contributed by atoms with Crippen LogP contribution in [0.4, 0.5) is 11.4 Å². The second-order valence-electron chi connectivity index (χ2n) is 10.7. The average molecular weight is 497 g/mol. The Morgan fingerprint density at radius 3 is 0.816 bits per heavy atom. The summed E-state index contributed by atoms with van der Waals surface area (Å²) >= 11 is 0. The molecule has 0 fully saturated rings. The number of para-hydroxylation sites is 2. The summed E-state index contributed by atoms with van der Waals surface area (Å²) in [6.07, 6.45) is 0. The van der Waals surface area contributed by atoms with Crippen molar-refractivity contribution in [2.24, 2.45) is 9.98 Å². The van der Waals surface area contributed by atoms with Crippen molar-refractivity contribution in [2.75, 3.05) is 0 Å². The summed E-state index contributed by atoms with van der Waals surface area (Å²) in [4.78, 5) is 10.8. The van der Waals surface area contributed by atoms with Gasteiger partial charge in [-0.2, -0.15) is 0 Å². The maximum Gasteiger partial charge on any atom is 0.0986 e. The minimum atomic E-state index is 0.972. The first kappa shape index (κ1) is 25.6. The zero-order valence-electron chi connectivity index (χ0n) is 23.8. The zero-order chi connectivity index (χ0) is 27.1. The van der Waals surface area contributed by atoms with E-state index in [2.05, 4.69) is 128 Å². The number of hydrogen-bond acceptors (Lipinski definition) is 2. The maximum atomic E-state index is 5.40. The largest absolute Gasteiger partial charge is 0.246 e. The van der Waals surface area contributed by atoms with E-state index in [1.807, 2.05) is 0 Å². The van der Waals surface area contributed by atoms with E-state index in [1.165, 1.54) is 66.8 Å². The van der Waals surface area contributed by atoms with Crippen molar-refractivity contribution in [1.82, 2.24) is 0 Å². The van der Waals surface area contributed by atoms with Crippen molar-refractivity contribution in [1.29, 1.82) is 0 Å². The Bertz CT molecular complexity index is 1580. The van der Waals surface area contributed by atoms with Crippen molar-refractivity contribution in [2.45, 2.75) is 55.4 Å². The predicted molar refractivity (Wildman–Crippen MR) is 161 cm³/mol. The fraction of sp³-hybridized carbons (Fsp3) is 0.222. The molecule has 5 aromatic rings. The van der Waals surface area contributed by atoms with Gasteiger partial charge in [-0.3, -0.25) is 0 Å². The van der Waals surface area contributed by atoms with Crippen LogP contribution in [-0.2, 0) is 0 Å². The van der Waals surface area contributed by atoms with Crippen LogP contribution in [0.15, 0.2) is 82.8 Å². The second kappa shape index (κ2) is 10.0. The van der Waals surface area contributed by atoms with Crippen LogP contribution in [0.3, 0.4) is 0 Å². The van der Waals surface area contributed by atoms with Gasteiger partial charge in [0.2, 0.25) is 0 Å². The normalized spacial score (nSPS) is 12.5. The van der Waals surface area contributed by atoms with Crippen LogP contribution in [0.25, 0.3) is 22.3 Å². The number of nitrogens with zero attached hydrogens (tertiary/aromatic N) is 2. The minimum Gasteiger partial charge on any atom is -0.246 e. The van der Waals surface area contributed by atoms with Gasteiger partial charge >= 0.3 is 0 Å². The molecule has 2 heteroatoms. The first-order valence-electron chi connectivity index (χ1n) is 13.4. The lowest BCUT2D eigenvalue weighted by atomic mass is 9.81. The molecule has 0 aliphatic rings. The smallest absolute Gasteiger partial charge is 0.0986 e. The molecule has 0 saturated heterocycles. The monoisotopic (exact) mass is 496 g/mol. The molecular weight excluding hydrogens is 460 g/mol. The highest BCUT2D eigenvalue weighted by molar-refractivity contribution is 5.91. The van der Waals surface area contributed by atoms with E-state index in [-0.39, 0.29) is 0 Å². The van der Waals surface area contributed by atoms with Crippen LogP contribution in [-0.4, -0.2) is 0 Å². The molecule has 0 unspecified atom stereocenters. The molecule has 5 aromatic carbocycles. The Kier molecular flexibility index (Phi) is 6.75. The van der Waals surface area contributed by atoms with Crippen LogP contribution in [0.2, 0.25) is 0 Å². The lowest BCUT2D eigenvalue weighted by molar-refractivity contribution is 1.14. The van der Waals surface area contributed by atoms with Crippen molar-refractivity contribution < 1.29 is 0 Å². The zero-order valence-corrected chi connectivity index (χ0v) is 23.8. The maximum absolute atomic E-state index is 5.40. The van der Waals surface area contributed by atoms with Crippen molar-refractivity contribution >= 4 is 11.4 Å². The van der Waals surface area contributed by atoms with Crippen molar-refractivity contribution in [3.8, 4) is 22.3 Å². The van der Waals surface area contributed by atoms with Gasteiger partial charge in [-0.25, -0.2) is 9.98 Å². The molecular formula is C36H36N2. The van der Waals surface area contributed by atoms with Gasteiger partial charge in [-0.15, -0.1) is 0 Å². The number of rotatable bonds is 4. The van der Waals surface area contributed by atoms with Crippen molar-refractivity contribution in [3.63, 3.8) is 0 Å². The first-order chi connectivity index (χ1) is 18.2. The molecule has 190 valence electrons. The van der Waals surface area contributed by atoms with Crippen LogP contribution in [0.5, 0.6) is 0 Å². The molecule has 0 aromatic heterocycles. The van der Waals surface area contributed by atoms with E-state index in [4.69, 9.17) is 9.98 Å². The molecule has 0 amide bonds. The Hall–Kier alpha value is -4.04. The van der Waals surface area contributed by atoms with Gasteiger partial charge in [0.15, 0.2) is 0 Å². The fourth-order valence-electron chi connectivity index (χ4n) is 5.72. The van der Waals surface area contributed by atoms with Crippen LogP contribution in [0, 0.1) is 55.4 Å². The molecule has 38 heavy (non-hydrogen) atoms. The summed E-state index contributed by atoms with van der Waals surface area (Å²) in [5.41, 5.74) is 16.7. The Morgan fingerprint density at radius 2 is 0.553 bits per heavy atom. The number of aryl methyl sites for hydroxylation is 8. The summed E-state index contributed by atoms with van der Waals surface area (Å²) in [6, 6.07) is 25.9. The molecule has 0 N–H and O–H groups in total. The van der Waals surface area contributed by atoms with Gasteiger partial charge in [0.25, 0.3) is 0 Å². The van der Waals surface area contributed by atoms with Gasteiger partial charge in [-0.05, 0) is 111 Å². The minimum absolute atomic E-state index is 0.972. The van der Waals surface area contributed by atoms with E-state index in [0.29, 0.717) is 0 Å². The molecule has 0 bridgehead atoms. The third kappa shape index (κ3) is 4.35. The first-order valence-corrected chi connectivity index (χ1v) is 13.4. The molecule has 0 spiro atoms. The van der Waals surface area contributed by atoms with E-state index in [9.17, 15) is 0 Å². The third-order valence-electron chi connectivity index (χ3n) is 7.74. The summed E-state index contributed by atoms with van der Waals surface area (Å²) in [6.45, 7) is 17.4. The van der Waals surface area contributed by atoms with Gasteiger partial charge in [0.1, 0.15) is 0 Å². The quantitative estimate of drug-likeness (QED) is 0.237. The fourth-order valence-corrected chi connectivity index (χ4v) is 5.72. The molecule has 0 saturated carbocycles. The SMILES string of the molecule is Cc1cccc(C)c1N=c1c(-c2c(C)cccc2C)c(-c2c(C)cccc2C)c1=Nc1c(C)cccc1C. The van der Waals surface area contributed by atoms with Crippen LogP contribution in [0.1, 0.15) is 44.5 Å². The van der Waals surface area contributed by atoms with E-state index < -0.39 is 0 Å². The van der Waals surface area contributed by atoms with Crippen LogP contribution >= 0.6 is 0 Å². The van der Waals surface area contributed by atoms with Gasteiger partial charge in [-0.1, -0.05) is 72.8 Å². The van der Waals surface area contributed by atoms with Gasteiger partial charge in [0.05, 0.1) is 22.1 Å². The standard InChI is InChI=1S/C36H36N2/c1-21-13-9-14-22(2)29(21)31-32(30-23(3)15-10-16-24(30)4)36(38-34-27(7)19-12-20-28(34)8)35(31)37-33-25(5)17-11-18-26(33)6/h9-20H,1-8H3. The topological polar surface area (TPSA) is 24.7 Å². The third-order valence-corrected chi connectivity index (χ3v) is 7.74. The summed E-state index contributed by atoms with van der Waals surface area (Å²) in [5.74, 6) is 0. The summed E-state index contributed by atoms with van der Waals surface area (Å²) in [7, 11) is 0. The van der Waals surface area contributed by atoms with Gasteiger partial charge < -0.3 is 0 Å². The highest BCUT2D eigenvalue weighted by Crippen LogP contribution is 2.37. The molecule has 0 atom stereocenters. The number of hydrogen-bond donors (Lipinski definition) is 0. The molecule has 0 heterocycles. The lowest BCUT2D eigenvalue weighted by Crippen LogP contribution is -2.38. The molecule has 0 radical (unpaired) electrons. The van der Waals surface area contributed by atoms with E-state index in [0.717, 1.165) is 22.1 Å². The molecule has 5 rings (SSSR count). The molecule has 0 aliphatic heterocycles. The lowest BCUT2D eigenvalue weighted by Gasteiger charge is -2.23. The van der Waals surface area contributed by atoms with Crippen LogP contribution < -0.4 is 10.7 Å². The van der Waals surface area contributed by atoms with Gasteiger partial charge in [0, 0.05) is 11.1 Å². The molecule has 0 aliphatic carbocycles. The van der Waals surface area contributed by atoms with Crippen molar-refractivity contribution in [3.05, 3.63) is 128 Å². The number of benzene rings is 4. The Balaban J connectivity index is 2.03. The summed E-state index contributed by atoms with van der Waals surface area (Å²) in [5, 5.41) is 1.94.